The largest absolute Gasteiger partial charge is 0.382 e. The standard InChI is InChI=1S/C16H22N4O/c1-12-4-5-14(8-13(12)2)11-20-16(21)9-15(10-19-20)18-7-6-17-3/h4-5,8-10,17-18H,6-7,11H2,1-3H3. The molecule has 0 aliphatic rings. The van der Waals surface area contributed by atoms with Crippen molar-refractivity contribution in [2.24, 2.45) is 0 Å². The smallest absolute Gasteiger partial charge is 0.269 e. The molecule has 0 aliphatic heterocycles. The van der Waals surface area contributed by atoms with Crippen LogP contribution in [-0.2, 0) is 6.54 Å². The van der Waals surface area contributed by atoms with Gasteiger partial charge in [0.25, 0.3) is 5.56 Å². The first kappa shape index (κ1) is 15.3. The number of nitrogens with zero attached hydrogens (tertiary/aromatic N) is 2. The summed E-state index contributed by atoms with van der Waals surface area (Å²) in [5, 5.41) is 10.4. The van der Waals surface area contributed by atoms with Gasteiger partial charge in [-0.2, -0.15) is 5.10 Å². The Labute approximate surface area is 125 Å². The zero-order chi connectivity index (χ0) is 15.2. The van der Waals surface area contributed by atoms with E-state index in [0.717, 1.165) is 24.3 Å². The number of nitrogens with one attached hydrogen (secondary N) is 2. The number of rotatable bonds is 6. The van der Waals surface area contributed by atoms with Crippen LogP contribution in [0.15, 0.2) is 35.3 Å². The second-order valence-corrected chi connectivity index (χ2v) is 5.19. The molecule has 0 fully saturated rings. The molecule has 1 aromatic heterocycles. The molecule has 0 spiro atoms. The zero-order valence-electron chi connectivity index (χ0n) is 12.8. The minimum Gasteiger partial charge on any atom is -0.382 e. The van der Waals surface area contributed by atoms with Gasteiger partial charge in [-0.1, -0.05) is 18.2 Å². The predicted octanol–water partition coefficient (Wildman–Crippen LogP) is 1.54. The van der Waals surface area contributed by atoms with Crippen molar-refractivity contribution in [3.05, 3.63) is 57.5 Å². The summed E-state index contributed by atoms with van der Waals surface area (Å²) >= 11 is 0. The van der Waals surface area contributed by atoms with Gasteiger partial charge >= 0.3 is 0 Å². The molecule has 2 rings (SSSR count). The van der Waals surface area contributed by atoms with Crippen molar-refractivity contribution in [1.82, 2.24) is 15.1 Å². The maximum Gasteiger partial charge on any atom is 0.269 e. The summed E-state index contributed by atoms with van der Waals surface area (Å²) in [5.41, 5.74) is 4.23. The molecule has 21 heavy (non-hydrogen) atoms. The molecule has 2 aromatic rings. The predicted molar refractivity (Wildman–Crippen MR) is 85.9 cm³/mol. The summed E-state index contributed by atoms with van der Waals surface area (Å²) in [6.45, 7) is 6.25. The molecule has 1 heterocycles. The van der Waals surface area contributed by atoms with Crippen molar-refractivity contribution in [2.75, 3.05) is 25.5 Å². The second-order valence-electron chi connectivity index (χ2n) is 5.19. The number of anilines is 1. The lowest BCUT2D eigenvalue weighted by atomic mass is 10.1. The number of likely N-dealkylation sites (N-methyl/N-ethyl adjacent to an activating group) is 1. The van der Waals surface area contributed by atoms with Crippen LogP contribution in [-0.4, -0.2) is 29.9 Å². The minimum absolute atomic E-state index is 0.0947. The number of benzene rings is 1. The van der Waals surface area contributed by atoms with E-state index in [9.17, 15) is 4.79 Å². The average Bonchev–Trinajstić information content (AvgIpc) is 2.46. The van der Waals surface area contributed by atoms with Crippen LogP contribution in [0, 0.1) is 13.8 Å². The molecule has 5 heteroatoms. The Balaban J connectivity index is 2.10. The summed E-state index contributed by atoms with van der Waals surface area (Å²) in [6, 6.07) is 7.80. The van der Waals surface area contributed by atoms with Gasteiger partial charge in [0.1, 0.15) is 0 Å². The molecule has 2 N–H and O–H groups in total. The summed E-state index contributed by atoms with van der Waals surface area (Å²) in [6.07, 6.45) is 1.69. The lowest BCUT2D eigenvalue weighted by Gasteiger charge is -2.09. The summed E-state index contributed by atoms with van der Waals surface area (Å²) in [4.78, 5) is 12.1. The molecule has 5 nitrogen and oxygen atoms in total. The lowest BCUT2D eigenvalue weighted by molar-refractivity contribution is 0.639. The first-order valence-electron chi connectivity index (χ1n) is 7.12. The number of aromatic nitrogens is 2. The van der Waals surface area contributed by atoms with Crippen LogP contribution in [0.1, 0.15) is 16.7 Å². The number of hydrogen-bond acceptors (Lipinski definition) is 4. The molecule has 112 valence electrons. The van der Waals surface area contributed by atoms with E-state index in [2.05, 4.69) is 41.7 Å². The topological polar surface area (TPSA) is 59.0 Å². The van der Waals surface area contributed by atoms with E-state index < -0.39 is 0 Å². The van der Waals surface area contributed by atoms with Crippen LogP contribution in [0.25, 0.3) is 0 Å². The lowest BCUT2D eigenvalue weighted by Crippen LogP contribution is -2.24. The molecule has 0 bridgehead atoms. The van der Waals surface area contributed by atoms with Gasteiger partial charge in [-0.05, 0) is 37.6 Å². The summed E-state index contributed by atoms with van der Waals surface area (Å²) < 4.78 is 1.48. The zero-order valence-corrected chi connectivity index (χ0v) is 12.8. The van der Waals surface area contributed by atoms with Gasteiger partial charge in [0, 0.05) is 19.2 Å². The second kappa shape index (κ2) is 7.04. The highest BCUT2D eigenvalue weighted by Gasteiger charge is 2.02. The van der Waals surface area contributed by atoms with Crippen LogP contribution in [0.2, 0.25) is 0 Å². The molecule has 0 atom stereocenters. The summed E-state index contributed by atoms with van der Waals surface area (Å²) in [5.74, 6) is 0. The van der Waals surface area contributed by atoms with Gasteiger partial charge in [-0.15, -0.1) is 0 Å². The highest BCUT2D eigenvalue weighted by atomic mass is 16.1. The first-order valence-corrected chi connectivity index (χ1v) is 7.12. The van der Waals surface area contributed by atoms with Crippen LogP contribution < -0.4 is 16.2 Å². The van der Waals surface area contributed by atoms with Crippen LogP contribution in [0.4, 0.5) is 5.69 Å². The van der Waals surface area contributed by atoms with Crippen LogP contribution in [0.3, 0.4) is 0 Å². The van der Waals surface area contributed by atoms with Crippen molar-refractivity contribution in [3.63, 3.8) is 0 Å². The number of hydrogen-bond donors (Lipinski definition) is 2. The maximum absolute atomic E-state index is 12.1. The molecular weight excluding hydrogens is 264 g/mol. The van der Waals surface area contributed by atoms with Crippen molar-refractivity contribution >= 4 is 5.69 Å². The molecule has 0 saturated carbocycles. The fourth-order valence-electron chi connectivity index (χ4n) is 2.06. The van der Waals surface area contributed by atoms with Crippen molar-refractivity contribution in [1.29, 1.82) is 0 Å². The Kier molecular flexibility index (Phi) is 5.11. The SMILES string of the molecule is CNCCNc1cnn(Cc2ccc(C)c(C)c2)c(=O)c1. The minimum atomic E-state index is -0.0947. The summed E-state index contributed by atoms with van der Waals surface area (Å²) in [7, 11) is 1.89. The molecule has 1 aromatic carbocycles. The Morgan fingerprint density at radius 3 is 2.62 bits per heavy atom. The fourth-order valence-corrected chi connectivity index (χ4v) is 2.06. The highest BCUT2D eigenvalue weighted by molar-refractivity contribution is 5.38. The monoisotopic (exact) mass is 286 g/mol. The van der Waals surface area contributed by atoms with E-state index in [1.807, 2.05) is 13.1 Å². The quantitative estimate of drug-likeness (QED) is 0.791. The molecule has 0 unspecified atom stereocenters. The van der Waals surface area contributed by atoms with Gasteiger partial charge in [0.05, 0.1) is 18.4 Å². The van der Waals surface area contributed by atoms with Crippen LogP contribution in [0.5, 0.6) is 0 Å². The molecule has 0 saturated heterocycles. The fraction of sp³-hybridized carbons (Fsp3) is 0.375. The van der Waals surface area contributed by atoms with Gasteiger partial charge < -0.3 is 10.6 Å². The Morgan fingerprint density at radius 1 is 1.14 bits per heavy atom. The third kappa shape index (κ3) is 4.16. The molecular formula is C16H22N4O. The molecule has 0 radical (unpaired) electrons. The van der Waals surface area contributed by atoms with E-state index in [-0.39, 0.29) is 5.56 Å². The van der Waals surface area contributed by atoms with E-state index in [1.54, 1.807) is 12.3 Å². The highest BCUT2D eigenvalue weighted by Crippen LogP contribution is 2.10. The van der Waals surface area contributed by atoms with Crippen molar-refractivity contribution in [3.8, 4) is 0 Å². The van der Waals surface area contributed by atoms with Crippen molar-refractivity contribution in [2.45, 2.75) is 20.4 Å². The Hall–Kier alpha value is -2.14. The van der Waals surface area contributed by atoms with E-state index in [1.165, 1.54) is 15.8 Å². The Morgan fingerprint density at radius 2 is 1.95 bits per heavy atom. The normalized spacial score (nSPS) is 10.6. The van der Waals surface area contributed by atoms with Gasteiger partial charge in [0.15, 0.2) is 0 Å². The van der Waals surface area contributed by atoms with Crippen molar-refractivity contribution < 1.29 is 0 Å². The molecule has 0 amide bonds. The van der Waals surface area contributed by atoms with E-state index >= 15 is 0 Å². The van der Waals surface area contributed by atoms with Crippen LogP contribution >= 0.6 is 0 Å². The van der Waals surface area contributed by atoms with Gasteiger partial charge in [-0.3, -0.25) is 4.79 Å². The first-order chi connectivity index (χ1) is 10.1. The van der Waals surface area contributed by atoms with Gasteiger partial charge in [0.2, 0.25) is 0 Å². The Bertz CT molecular complexity index is 664. The van der Waals surface area contributed by atoms with E-state index in [0.29, 0.717) is 6.54 Å². The molecule has 0 aliphatic carbocycles. The average molecular weight is 286 g/mol. The van der Waals surface area contributed by atoms with E-state index in [4.69, 9.17) is 0 Å². The third-order valence-electron chi connectivity index (χ3n) is 3.48. The third-order valence-corrected chi connectivity index (χ3v) is 3.48. The van der Waals surface area contributed by atoms with Gasteiger partial charge in [-0.25, -0.2) is 4.68 Å². The number of aryl methyl sites for hydroxylation is 2. The maximum atomic E-state index is 12.1.